The highest BCUT2D eigenvalue weighted by Crippen LogP contribution is 2.32. The topological polar surface area (TPSA) is 38.5 Å². The second kappa shape index (κ2) is 7.14. The molecular formula is C11H22N2OS. The molecular weight excluding hydrogens is 208 g/mol. The minimum Gasteiger partial charge on any atom is -0.393 e. The Kier molecular flexibility index (Phi) is 6.13. The zero-order valence-corrected chi connectivity index (χ0v) is 10.4. The van der Waals surface area contributed by atoms with E-state index in [2.05, 4.69) is 4.90 Å². The summed E-state index contributed by atoms with van der Waals surface area (Å²) in [6.45, 7) is 3.93. The van der Waals surface area contributed by atoms with Gasteiger partial charge in [-0.1, -0.05) is 25.1 Å². The minimum absolute atomic E-state index is 0.615. The Morgan fingerprint density at radius 1 is 1.40 bits per heavy atom. The summed E-state index contributed by atoms with van der Waals surface area (Å²) < 4.78 is 5.10. The number of ether oxygens (including phenoxy) is 1. The van der Waals surface area contributed by atoms with E-state index in [0.29, 0.717) is 4.99 Å². The van der Waals surface area contributed by atoms with Crippen LogP contribution in [0.3, 0.4) is 0 Å². The number of methoxy groups -OCH3 is 1. The van der Waals surface area contributed by atoms with Crippen molar-refractivity contribution in [1.82, 2.24) is 4.90 Å². The molecule has 15 heavy (non-hydrogen) atoms. The molecule has 0 aromatic heterocycles. The van der Waals surface area contributed by atoms with Gasteiger partial charge in [-0.05, 0) is 18.9 Å². The van der Waals surface area contributed by atoms with Crippen molar-refractivity contribution in [2.24, 2.45) is 11.7 Å². The Morgan fingerprint density at radius 2 is 2.13 bits per heavy atom. The van der Waals surface area contributed by atoms with Gasteiger partial charge in [-0.2, -0.15) is 0 Å². The molecule has 1 aliphatic carbocycles. The van der Waals surface area contributed by atoms with Crippen molar-refractivity contribution < 1.29 is 4.74 Å². The molecule has 1 aliphatic rings. The van der Waals surface area contributed by atoms with Crippen LogP contribution in [0.1, 0.15) is 25.7 Å². The third-order valence-corrected chi connectivity index (χ3v) is 3.04. The standard InChI is InChI=1S/C11H22N2OS/c1-14-9-8-13(7-5-11(12)15)6-4-10-2-3-10/h10H,2-9H2,1H3,(H2,12,15). The van der Waals surface area contributed by atoms with Gasteiger partial charge in [0.1, 0.15) is 0 Å². The molecule has 0 radical (unpaired) electrons. The molecule has 4 heteroatoms. The molecule has 2 N–H and O–H groups in total. The van der Waals surface area contributed by atoms with Crippen molar-refractivity contribution in [3.8, 4) is 0 Å². The Morgan fingerprint density at radius 3 is 2.67 bits per heavy atom. The van der Waals surface area contributed by atoms with E-state index < -0.39 is 0 Å². The lowest BCUT2D eigenvalue weighted by atomic mass is 10.2. The van der Waals surface area contributed by atoms with E-state index in [1.54, 1.807) is 7.11 Å². The molecule has 1 rings (SSSR count). The van der Waals surface area contributed by atoms with E-state index in [1.807, 2.05) is 0 Å². The lowest BCUT2D eigenvalue weighted by Crippen LogP contribution is -2.31. The van der Waals surface area contributed by atoms with Crippen LogP contribution >= 0.6 is 12.2 Å². The number of hydrogen-bond donors (Lipinski definition) is 1. The van der Waals surface area contributed by atoms with Gasteiger partial charge in [0.15, 0.2) is 0 Å². The van der Waals surface area contributed by atoms with Crippen LogP contribution in [0.5, 0.6) is 0 Å². The molecule has 0 atom stereocenters. The maximum Gasteiger partial charge on any atom is 0.0740 e. The number of nitrogens with zero attached hydrogens (tertiary/aromatic N) is 1. The van der Waals surface area contributed by atoms with Crippen molar-refractivity contribution in [3.63, 3.8) is 0 Å². The Balaban J connectivity index is 2.13. The SMILES string of the molecule is COCCN(CCC(N)=S)CCC1CC1. The first-order valence-corrected chi connectivity index (χ1v) is 6.12. The number of thiocarbonyl (C=S) groups is 1. The summed E-state index contributed by atoms with van der Waals surface area (Å²) >= 11 is 4.89. The van der Waals surface area contributed by atoms with Gasteiger partial charge in [-0.15, -0.1) is 0 Å². The van der Waals surface area contributed by atoms with Crippen LogP contribution in [0.15, 0.2) is 0 Å². The van der Waals surface area contributed by atoms with E-state index in [0.717, 1.165) is 38.6 Å². The second-order valence-corrected chi connectivity index (χ2v) is 4.81. The van der Waals surface area contributed by atoms with Crippen LogP contribution in [-0.4, -0.2) is 43.2 Å². The summed E-state index contributed by atoms with van der Waals surface area (Å²) in [6.07, 6.45) is 4.99. The third kappa shape index (κ3) is 6.82. The summed E-state index contributed by atoms with van der Waals surface area (Å²) in [5, 5.41) is 0. The van der Waals surface area contributed by atoms with Crippen molar-refractivity contribution in [3.05, 3.63) is 0 Å². The van der Waals surface area contributed by atoms with E-state index >= 15 is 0 Å². The summed E-state index contributed by atoms with van der Waals surface area (Å²) in [5.74, 6) is 0.986. The summed E-state index contributed by atoms with van der Waals surface area (Å²) in [6, 6.07) is 0. The first kappa shape index (κ1) is 12.9. The smallest absolute Gasteiger partial charge is 0.0740 e. The fourth-order valence-corrected chi connectivity index (χ4v) is 1.69. The van der Waals surface area contributed by atoms with Crippen LogP contribution in [0, 0.1) is 5.92 Å². The molecule has 0 aliphatic heterocycles. The molecule has 0 heterocycles. The largest absolute Gasteiger partial charge is 0.393 e. The molecule has 0 aromatic carbocycles. The molecule has 88 valence electrons. The van der Waals surface area contributed by atoms with Gasteiger partial charge in [0.05, 0.1) is 11.6 Å². The average molecular weight is 230 g/mol. The minimum atomic E-state index is 0.615. The van der Waals surface area contributed by atoms with Gasteiger partial charge in [0, 0.05) is 26.6 Å². The van der Waals surface area contributed by atoms with Crippen molar-refractivity contribution >= 4 is 17.2 Å². The Hall–Kier alpha value is -0.190. The van der Waals surface area contributed by atoms with Crippen LogP contribution in [0.4, 0.5) is 0 Å². The number of nitrogens with two attached hydrogens (primary N) is 1. The third-order valence-electron chi connectivity index (χ3n) is 2.84. The first-order chi connectivity index (χ1) is 7.22. The fraction of sp³-hybridized carbons (Fsp3) is 0.909. The van der Waals surface area contributed by atoms with Crippen LogP contribution in [-0.2, 0) is 4.74 Å². The Bertz CT molecular complexity index is 195. The van der Waals surface area contributed by atoms with E-state index in [9.17, 15) is 0 Å². The van der Waals surface area contributed by atoms with Gasteiger partial charge < -0.3 is 15.4 Å². The zero-order chi connectivity index (χ0) is 11.1. The van der Waals surface area contributed by atoms with E-state index in [1.165, 1.54) is 19.3 Å². The molecule has 1 saturated carbocycles. The highest BCUT2D eigenvalue weighted by atomic mass is 32.1. The molecule has 0 spiro atoms. The van der Waals surface area contributed by atoms with Gasteiger partial charge in [0.25, 0.3) is 0 Å². The Labute approximate surface area is 98.0 Å². The molecule has 0 amide bonds. The fourth-order valence-electron chi connectivity index (χ4n) is 1.60. The van der Waals surface area contributed by atoms with Crippen molar-refractivity contribution in [2.45, 2.75) is 25.7 Å². The van der Waals surface area contributed by atoms with Crippen molar-refractivity contribution in [1.29, 1.82) is 0 Å². The van der Waals surface area contributed by atoms with Crippen molar-refractivity contribution in [2.75, 3.05) is 33.4 Å². The average Bonchev–Trinajstić information content (AvgIpc) is 3.00. The molecule has 0 saturated heterocycles. The monoisotopic (exact) mass is 230 g/mol. The van der Waals surface area contributed by atoms with Crippen LogP contribution in [0.25, 0.3) is 0 Å². The summed E-state index contributed by atoms with van der Waals surface area (Å²) in [4.78, 5) is 3.02. The second-order valence-electron chi connectivity index (χ2n) is 4.28. The lowest BCUT2D eigenvalue weighted by Gasteiger charge is -2.21. The van der Waals surface area contributed by atoms with Gasteiger partial charge in [-0.25, -0.2) is 0 Å². The highest BCUT2D eigenvalue weighted by molar-refractivity contribution is 7.80. The van der Waals surface area contributed by atoms with Gasteiger partial charge in [0.2, 0.25) is 0 Å². The molecule has 0 unspecified atom stereocenters. The highest BCUT2D eigenvalue weighted by Gasteiger charge is 2.21. The van der Waals surface area contributed by atoms with Gasteiger partial charge in [-0.3, -0.25) is 0 Å². The molecule has 0 bridgehead atoms. The predicted octanol–water partition coefficient (Wildman–Crippen LogP) is 1.41. The lowest BCUT2D eigenvalue weighted by molar-refractivity contribution is 0.147. The van der Waals surface area contributed by atoms with Crippen LogP contribution in [0.2, 0.25) is 0 Å². The van der Waals surface area contributed by atoms with Gasteiger partial charge >= 0.3 is 0 Å². The molecule has 0 aromatic rings. The number of hydrogen-bond acceptors (Lipinski definition) is 3. The first-order valence-electron chi connectivity index (χ1n) is 5.72. The predicted molar refractivity (Wildman–Crippen MR) is 67.1 cm³/mol. The quantitative estimate of drug-likeness (QED) is 0.608. The summed E-state index contributed by atoms with van der Waals surface area (Å²) in [5.41, 5.74) is 5.51. The zero-order valence-electron chi connectivity index (χ0n) is 9.58. The number of rotatable bonds is 9. The molecule has 1 fully saturated rings. The van der Waals surface area contributed by atoms with E-state index in [-0.39, 0.29) is 0 Å². The molecule has 3 nitrogen and oxygen atoms in total. The maximum absolute atomic E-state index is 5.51. The normalized spacial score (nSPS) is 15.9. The van der Waals surface area contributed by atoms with E-state index in [4.69, 9.17) is 22.7 Å². The maximum atomic E-state index is 5.51. The van der Waals surface area contributed by atoms with Crippen LogP contribution < -0.4 is 5.73 Å². The summed E-state index contributed by atoms with van der Waals surface area (Å²) in [7, 11) is 1.74.